The molecule has 0 spiro atoms. The molecule has 4 aromatic rings. The molecule has 5 rings (SSSR count). The average Bonchev–Trinajstić information content (AvgIpc) is 3.08. The van der Waals surface area contributed by atoms with Crippen molar-refractivity contribution in [3.63, 3.8) is 0 Å². The van der Waals surface area contributed by atoms with E-state index in [4.69, 9.17) is 4.98 Å². The Hall–Kier alpha value is -2.44. The first-order valence-electron chi connectivity index (χ1n) is 8.77. The molecule has 2 heterocycles. The number of benzene rings is 3. The number of rotatable bonds is 2. The van der Waals surface area contributed by atoms with Gasteiger partial charge in [0, 0.05) is 20.2 Å². The largest absolute Gasteiger partial charge is 0.325 e. The number of anilines is 1. The third kappa shape index (κ3) is 2.97. The molecular formula is C22H14Br2FN3. The number of aromatic nitrogens is 2. The second-order valence-corrected chi connectivity index (χ2v) is 8.45. The van der Waals surface area contributed by atoms with Crippen molar-refractivity contribution >= 4 is 54.5 Å². The third-order valence-electron chi connectivity index (χ3n) is 4.88. The molecule has 3 aromatic carbocycles. The van der Waals surface area contributed by atoms with Crippen LogP contribution >= 0.6 is 31.9 Å². The van der Waals surface area contributed by atoms with Gasteiger partial charge in [0.15, 0.2) is 0 Å². The van der Waals surface area contributed by atoms with Gasteiger partial charge >= 0.3 is 0 Å². The van der Waals surface area contributed by atoms with Crippen LogP contribution in [0.25, 0.3) is 16.7 Å². The molecule has 1 aliphatic rings. The number of nitrogens with zero attached hydrogens (tertiary/aromatic N) is 2. The topological polar surface area (TPSA) is 29.9 Å². The van der Waals surface area contributed by atoms with Crippen molar-refractivity contribution in [3.8, 4) is 0 Å². The molecule has 1 aromatic heterocycles. The second kappa shape index (κ2) is 6.87. The Morgan fingerprint density at radius 1 is 0.929 bits per heavy atom. The molecule has 138 valence electrons. The van der Waals surface area contributed by atoms with E-state index in [1.54, 1.807) is 6.07 Å². The molecule has 0 amide bonds. The molecule has 0 aliphatic carbocycles. The molecule has 0 bridgehead atoms. The Bertz CT molecular complexity index is 1230. The highest BCUT2D eigenvalue weighted by molar-refractivity contribution is 9.10. The van der Waals surface area contributed by atoms with Crippen molar-refractivity contribution in [2.75, 3.05) is 5.32 Å². The van der Waals surface area contributed by atoms with Gasteiger partial charge < -0.3 is 5.32 Å². The zero-order chi connectivity index (χ0) is 19.3. The van der Waals surface area contributed by atoms with E-state index in [-0.39, 0.29) is 11.9 Å². The van der Waals surface area contributed by atoms with Crippen LogP contribution in [0.15, 0.2) is 81.8 Å². The van der Waals surface area contributed by atoms with Crippen molar-refractivity contribution in [3.05, 3.63) is 98.7 Å². The van der Waals surface area contributed by atoms with Crippen LogP contribution in [-0.4, -0.2) is 9.55 Å². The normalized spacial score (nSPS) is 15.8. The predicted octanol–water partition coefficient (Wildman–Crippen LogP) is 6.76. The maximum Gasteiger partial charge on any atom is 0.209 e. The first-order valence-corrected chi connectivity index (χ1v) is 10.4. The van der Waals surface area contributed by atoms with E-state index in [9.17, 15) is 4.39 Å². The van der Waals surface area contributed by atoms with Crippen LogP contribution in [0.5, 0.6) is 0 Å². The monoisotopic (exact) mass is 497 g/mol. The van der Waals surface area contributed by atoms with Crippen molar-refractivity contribution < 1.29 is 4.39 Å². The van der Waals surface area contributed by atoms with E-state index < -0.39 is 0 Å². The minimum atomic E-state index is -0.320. The van der Waals surface area contributed by atoms with Gasteiger partial charge in [0.25, 0.3) is 0 Å². The van der Waals surface area contributed by atoms with Gasteiger partial charge in [-0.1, -0.05) is 56.1 Å². The molecule has 0 saturated carbocycles. The summed E-state index contributed by atoms with van der Waals surface area (Å²) in [6.07, 6.45) is 2.05. The fourth-order valence-electron chi connectivity index (χ4n) is 3.58. The number of allylic oxidation sites excluding steroid dienone is 1. The van der Waals surface area contributed by atoms with Gasteiger partial charge in [-0.2, -0.15) is 0 Å². The fraction of sp³-hybridized carbons (Fsp3) is 0.0455. The Labute approximate surface area is 178 Å². The van der Waals surface area contributed by atoms with Gasteiger partial charge in [0.1, 0.15) is 5.82 Å². The van der Waals surface area contributed by atoms with Crippen LogP contribution < -0.4 is 5.32 Å². The smallest absolute Gasteiger partial charge is 0.209 e. The van der Waals surface area contributed by atoms with Gasteiger partial charge in [-0.25, -0.2) is 9.37 Å². The second-order valence-electron chi connectivity index (χ2n) is 6.62. The SMILES string of the molecule is Fc1ccc(Br)cc1[C@@H]1C=C(c2ccc(Br)cc2)Nc2nc3ccccc3n21. The number of hydrogen-bond donors (Lipinski definition) is 1. The number of imidazole rings is 1. The minimum Gasteiger partial charge on any atom is -0.325 e. The lowest BCUT2D eigenvalue weighted by Gasteiger charge is -2.27. The van der Waals surface area contributed by atoms with Crippen LogP contribution in [0.1, 0.15) is 17.2 Å². The molecule has 1 aliphatic heterocycles. The van der Waals surface area contributed by atoms with Crippen LogP contribution in [0.3, 0.4) is 0 Å². The molecule has 1 N–H and O–H groups in total. The standard InChI is InChI=1S/C22H14Br2FN3/c23-14-7-5-13(6-8-14)19-12-21(16-11-15(24)9-10-17(16)25)28-20-4-2-1-3-18(20)26-22(28)27-19/h1-12,21H,(H,26,27)/t21-/m0/s1. The molecule has 3 nitrogen and oxygen atoms in total. The Balaban J connectivity index is 1.75. The summed E-state index contributed by atoms with van der Waals surface area (Å²) in [5.41, 5.74) is 4.34. The number of para-hydroxylation sites is 2. The van der Waals surface area contributed by atoms with E-state index in [1.807, 2.05) is 59.2 Å². The highest BCUT2D eigenvalue weighted by Gasteiger charge is 2.27. The summed E-state index contributed by atoms with van der Waals surface area (Å²) in [5.74, 6) is 0.455. The van der Waals surface area contributed by atoms with Gasteiger partial charge in [0.05, 0.1) is 17.1 Å². The Morgan fingerprint density at radius 2 is 1.68 bits per heavy atom. The molecule has 0 radical (unpaired) electrons. The lowest BCUT2D eigenvalue weighted by atomic mass is 10.0. The van der Waals surface area contributed by atoms with Gasteiger partial charge in [0.2, 0.25) is 5.95 Å². The van der Waals surface area contributed by atoms with E-state index in [0.717, 1.165) is 31.2 Å². The molecule has 1 atom stereocenters. The Kier molecular flexibility index (Phi) is 4.33. The number of fused-ring (bicyclic) bond motifs is 3. The van der Waals surface area contributed by atoms with Crippen LogP contribution in [0, 0.1) is 5.82 Å². The summed E-state index contributed by atoms with van der Waals surface area (Å²) in [6.45, 7) is 0. The zero-order valence-corrected chi connectivity index (χ0v) is 17.7. The first-order chi connectivity index (χ1) is 13.6. The number of nitrogens with one attached hydrogen (secondary N) is 1. The number of hydrogen-bond acceptors (Lipinski definition) is 2. The molecule has 28 heavy (non-hydrogen) atoms. The molecular weight excluding hydrogens is 485 g/mol. The maximum atomic E-state index is 14.8. The number of halogens is 3. The fourth-order valence-corrected chi connectivity index (χ4v) is 4.22. The lowest BCUT2D eigenvalue weighted by molar-refractivity contribution is 0.583. The van der Waals surface area contributed by atoms with Crippen LogP contribution in [-0.2, 0) is 0 Å². The van der Waals surface area contributed by atoms with Gasteiger partial charge in [-0.3, -0.25) is 4.57 Å². The minimum absolute atomic E-state index is 0.245. The first kappa shape index (κ1) is 17.6. The van der Waals surface area contributed by atoms with Crippen LogP contribution in [0.2, 0.25) is 0 Å². The van der Waals surface area contributed by atoms with Crippen LogP contribution in [0.4, 0.5) is 10.3 Å². The van der Waals surface area contributed by atoms with E-state index in [1.165, 1.54) is 6.07 Å². The quantitative estimate of drug-likeness (QED) is 0.331. The average molecular weight is 499 g/mol. The van der Waals surface area contributed by atoms with E-state index >= 15 is 0 Å². The zero-order valence-electron chi connectivity index (χ0n) is 14.5. The van der Waals surface area contributed by atoms with Crippen molar-refractivity contribution in [2.45, 2.75) is 6.04 Å². The van der Waals surface area contributed by atoms with Gasteiger partial charge in [-0.15, -0.1) is 0 Å². The highest BCUT2D eigenvalue weighted by atomic mass is 79.9. The summed E-state index contributed by atoms with van der Waals surface area (Å²) in [4.78, 5) is 4.74. The maximum absolute atomic E-state index is 14.8. The van der Waals surface area contributed by atoms with E-state index in [2.05, 4.69) is 43.3 Å². The summed E-state index contributed by atoms with van der Waals surface area (Å²) >= 11 is 6.95. The van der Waals surface area contributed by atoms with Crippen molar-refractivity contribution in [2.24, 2.45) is 0 Å². The van der Waals surface area contributed by atoms with Gasteiger partial charge in [-0.05, 0) is 54.1 Å². The van der Waals surface area contributed by atoms with Crippen molar-refractivity contribution in [1.29, 1.82) is 0 Å². The Morgan fingerprint density at radius 3 is 2.50 bits per heavy atom. The summed E-state index contributed by atoms with van der Waals surface area (Å²) in [6, 6.07) is 20.7. The lowest BCUT2D eigenvalue weighted by Crippen LogP contribution is -2.20. The van der Waals surface area contributed by atoms with Crippen molar-refractivity contribution in [1.82, 2.24) is 9.55 Å². The molecule has 0 fully saturated rings. The molecule has 0 unspecified atom stereocenters. The summed E-state index contributed by atoms with van der Waals surface area (Å²) in [5, 5.41) is 3.42. The molecule has 0 saturated heterocycles. The summed E-state index contributed by atoms with van der Waals surface area (Å²) < 4.78 is 18.7. The third-order valence-corrected chi connectivity index (χ3v) is 5.90. The predicted molar refractivity (Wildman–Crippen MR) is 118 cm³/mol. The summed E-state index contributed by atoms with van der Waals surface area (Å²) in [7, 11) is 0. The highest BCUT2D eigenvalue weighted by Crippen LogP contribution is 2.38. The van der Waals surface area contributed by atoms with E-state index in [0.29, 0.717) is 11.5 Å². The molecule has 6 heteroatoms.